The van der Waals surface area contributed by atoms with Crippen molar-refractivity contribution in [1.82, 2.24) is 0 Å². The largest absolute Gasteiger partial charge is 0.460 e. The van der Waals surface area contributed by atoms with Gasteiger partial charge in [0.25, 0.3) is 0 Å². The predicted octanol–water partition coefficient (Wildman–Crippen LogP) is 7.46. The van der Waals surface area contributed by atoms with E-state index in [-0.39, 0.29) is 12.6 Å². The number of anilines is 3. The second kappa shape index (κ2) is 12.4. The van der Waals surface area contributed by atoms with Gasteiger partial charge in [-0.15, -0.1) is 0 Å². The van der Waals surface area contributed by atoms with Gasteiger partial charge in [-0.25, -0.2) is 4.79 Å². The minimum absolute atomic E-state index is 0.257. The molecule has 0 radical (unpaired) electrons. The van der Waals surface area contributed by atoms with Gasteiger partial charge >= 0.3 is 5.97 Å². The van der Waals surface area contributed by atoms with Crippen molar-refractivity contribution in [1.29, 1.82) is 0 Å². The zero-order valence-electron chi connectivity index (χ0n) is 21.7. The molecular formula is C31H37NO3. The smallest absolute Gasteiger partial charge is 0.333 e. The van der Waals surface area contributed by atoms with Gasteiger partial charge in [0, 0.05) is 29.2 Å². The number of carbonyl (C=O) groups excluding carboxylic acids is 1. The summed E-state index contributed by atoms with van der Waals surface area (Å²) in [7, 11) is 0. The minimum Gasteiger partial charge on any atom is -0.460 e. The number of esters is 1. The first-order chi connectivity index (χ1) is 16.8. The van der Waals surface area contributed by atoms with Gasteiger partial charge < -0.3 is 14.4 Å². The number of nitrogens with zero attached hydrogens (tertiary/aromatic N) is 1. The molecule has 0 amide bonds. The maximum absolute atomic E-state index is 11.4. The van der Waals surface area contributed by atoms with Gasteiger partial charge in [0.05, 0.1) is 6.61 Å². The summed E-state index contributed by atoms with van der Waals surface area (Å²) in [6, 6.07) is 22.0. The molecule has 3 aromatic carbocycles. The van der Waals surface area contributed by atoms with Gasteiger partial charge in [-0.3, -0.25) is 0 Å². The summed E-state index contributed by atoms with van der Waals surface area (Å²) >= 11 is 0. The fraction of sp³-hybridized carbons (Fsp3) is 0.323. The number of aryl methyl sites for hydroxylation is 5. The van der Waals surface area contributed by atoms with Crippen molar-refractivity contribution in [2.75, 3.05) is 24.7 Å². The van der Waals surface area contributed by atoms with Crippen LogP contribution in [0.1, 0.15) is 41.2 Å². The fourth-order valence-corrected chi connectivity index (χ4v) is 3.79. The molecule has 0 aliphatic carbocycles. The number of carbonyl (C=O) groups is 1. The Labute approximate surface area is 210 Å². The van der Waals surface area contributed by atoms with Crippen LogP contribution >= 0.6 is 0 Å². The lowest BCUT2D eigenvalue weighted by Gasteiger charge is -2.27. The number of hydrogen-bond donors (Lipinski definition) is 0. The van der Waals surface area contributed by atoms with Crippen molar-refractivity contribution in [2.24, 2.45) is 0 Å². The molecule has 0 aliphatic rings. The van der Waals surface area contributed by atoms with E-state index in [0.29, 0.717) is 18.8 Å². The van der Waals surface area contributed by atoms with Crippen molar-refractivity contribution in [2.45, 2.75) is 47.5 Å². The lowest BCUT2D eigenvalue weighted by Crippen LogP contribution is -2.11. The highest BCUT2D eigenvalue weighted by atomic mass is 16.6. The predicted molar refractivity (Wildman–Crippen MR) is 145 cm³/mol. The standard InChI is InChI=1S/C31H37NO3/c1-22(2)31(33)35-19-18-34-17-7-8-27-11-15-28(16-12-27)32(29-13-9-23(3)25(5)20-29)30-14-10-24(4)26(6)21-30/h9-16,20-21H,1,7-8,17-19H2,2-6H3. The van der Waals surface area contributed by atoms with E-state index in [1.165, 1.54) is 27.8 Å². The molecule has 0 aliphatic heterocycles. The molecular weight excluding hydrogens is 434 g/mol. The highest BCUT2D eigenvalue weighted by molar-refractivity contribution is 5.86. The third kappa shape index (κ3) is 7.30. The van der Waals surface area contributed by atoms with E-state index in [1.54, 1.807) is 6.92 Å². The van der Waals surface area contributed by atoms with Crippen LogP contribution in [0.2, 0.25) is 0 Å². The SMILES string of the molecule is C=C(C)C(=O)OCCOCCCc1ccc(N(c2ccc(C)c(C)c2)c2ccc(C)c(C)c2)cc1. The summed E-state index contributed by atoms with van der Waals surface area (Å²) in [5, 5.41) is 0. The minimum atomic E-state index is -0.371. The van der Waals surface area contributed by atoms with Crippen molar-refractivity contribution in [3.05, 3.63) is 101 Å². The first-order valence-electron chi connectivity index (χ1n) is 12.2. The Morgan fingerprint density at radius 2 is 1.29 bits per heavy atom. The second-order valence-electron chi connectivity index (χ2n) is 9.17. The van der Waals surface area contributed by atoms with E-state index in [0.717, 1.165) is 29.9 Å². The van der Waals surface area contributed by atoms with Crippen LogP contribution in [-0.4, -0.2) is 25.8 Å². The molecule has 0 atom stereocenters. The van der Waals surface area contributed by atoms with Crippen LogP contribution in [0.25, 0.3) is 0 Å². The van der Waals surface area contributed by atoms with Gasteiger partial charge in [-0.05, 0) is 112 Å². The summed E-state index contributed by atoms with van der Waals surface area (Å²) in [4.78, 5) is 13.7. The lowest BCUT2D eigenvalue weighted by molar-refractivity contribution is -0.140. The topological polar surface area (TPSA) is 38.8 Å². The molecule has 0 saturated carbocycles. The maximum Gasteiger partial charge on any atom is 0.333 e. The Balaban J connectivity index is 1.65. The summed E-state index contributed by atoms with van der Waals surface area (Å²) in [6.07, 6.45) is 1.84. The lowest BCUT2D eigenvalue weighted by atomic mass is 10.0. The summed E-state index contributed by atoms with van der Waals surface area (Å²) in [5.74, 6) is -0.371. The summed E-state index contributed by atoms with van der Waals surface area (Å²) in [6.45, 7) is 15.1. The van der Waals surface area contributed by atoms with Crippen LogP contribution in [0, 0.1) is 27.7 Å². The van der Waals surface area contributed by atoms with Gasteiger partial charge in [0.1, 0.15) is 6.61 Å². The Bertz CT molecular complexity index is 1110. The van der Waals surface area contributed by atoms with E-state index in [9.17, 15) is 4.79 Å². The quantitative estimate of drug-likeness (QED) is 0.165. The van der Waals surface area contributed by atoms with Crippen molar-refractivity contribution >= 4 is 23.0 Å². The molecule has 0 heterocycles. The first-order valence-corrected chi connectivity index (χ1v) is 12.2. The average molecular weight is 472 g/mol. The van der Waals surface area contributed by atoms with Crippen LogP contribution < -0.4 is 4.90 Å². The Morgan fingerprint density at radius 3 is 1.80 bits per heavy atom. The zero-order valence-corrected chi connectivity index (χ0v) is 21.7. The molecule has 3 aromatic rings. The van der Waals surface area contributed by atoms with E-state index < -0.39 is 0 Å². The van der Waals surface area contributed by atoms with E-state index >= 15 is 0 Å². The molecule has 0 bridgehead atoms. The van der Waals surface area contributed by atoms with Gasteiger partial charge in [-0.2, -0.15) is 0 Å². The number of benzene rings is 3. The fourth-order valence-electron chi connectivity index (χ4n) is 3.79. The van der Waals surface area contributed by atoms with Gasteiger partial charge in [0.15, 0.2) is 0 Å². The second-order valence-corrected chi connectivity index (χ2v) is 9.17. The van der Waals surface area contributed by atoms with E-state index in [4.69, 9.17) is 9.47 Å². The van der Waals surface area contributed by atoms with Gasteiger partial charge in [0.2, 0.25) is 0 Å². The van der Waals surface area contributed by atoms with E-state index in [1.807, 2.05) is 0 Å². The third-order valence-corrected chi connectivity index (χ3v) is 6.26. The van der Waals surface area contributed by atoms with Crippen LogP contribution in [0.4, 0.5) is 17.1 Å². The molecule has 0 fully saturated rings. The molecule has 0 N–H and O–H groups in total. The van der Waals surface area contributed by atoms with Crippen LogP contribution in [-0.2, 0) is 20.7 Å². The highest BCUT2D eigenvalue weighted by Gasteiger charge is 2.14. The van der Waals surface area contributed by atoms with Crippen LogP contribution in [0.3, 0.4) is 0 Å². The Kier molecular flexibility index (Phi) is 9.27. The van der Waals surface area contributed by atoms with Crippen molar-refractivity contribution in [3.8, 4) is 0 Å². The van der Waals surface area contributed by atoms with Crippen LogP contribution in [0.15, 0.2) is 72.8 Å². The molecule has 0 unspecified atom stereocenters. The number of ether oxygens (including phenoxy) is 2. The monoisotopic (exact) mass is 471 g/mol. The molecule has 4 nitrogen and oxygen atoms in total. The average Bonchev–Trinajstić information content (AvgIpc) is 2.83. The highest BCUT2D eigenvalue weighted by Crippen LogP contribution is 2.36. The molecule has 4 heteroatoms. The van der Waals surface area contributed by atoms with Crippen molar-refractivity contribution < 1.29 is 14.3 Å². The molecule has 184 valence electrons. The molecule has 35 heavy (non-hydrogen) atoms. The molecule has 3 rings (SSSR count). The van der Waals surface area contributed by atoms with Crippen molar-refractivity contribution in [3.63, 3.8) is 0 Å². The maximum atomic E-state index is 11.4. The van der Waals surface area contributed by atoms with Gasteiger partial charge in [-0.1, -0.05) is 30.8 Å². The number of hydrogen-bond acceptors (Lipinski definition) is 4. The van der Waals surface area contributed by atoms with Crippen LogP contribution in [0.5, 0.6) is 0 Å². The Morgan fingerprint density at radius 1 is 0.743 bits per heavy atom. The summed E-state index contributed by atoms with van der Waals surface area (Å²) in [5.41, 5.74) is 10.3. The number of rotatable bonds is 11. The molecule has 0 aromatic heterocycles. The van der Waals surface area contributed by atoms with E-state index in [2.05, 4.69) is 99.8 Å². The summed E-state index contributed by atoms with van der Waals surface area (Å²) < 4.78 is 10.6. The first kappa shape index (κ1) is 26.2. The zero-order chi connectivity index (χ0) is 25.4. The normalized spacial score (nSPS) is 10.8. The third-order valence-electron chi connectivity index (χ3n) is 6.26. The Hall–Kier alpha value is -3.37. The molecule has 0 spiro atoms. The molecule has 0 saturated heterocycles.